The Kier molecular flexibility index (Phi) is 7.78. The van der Waals surface area contributed by atoms with Crippen LogP contribution in [0.2, 0.25) is 0 Å². The van der Waals surface area contributed by atoms with Crippen LogP contribution in [0, 0.1) is 0 Å². The molecule has 0 radical (unpaired) electrons. The van der Waals surface area contributed by atoms with Crippen molar-refractivity contribution >= 4 is 21.6 Å². The van der Waals surface area contributed by atoms with Gasteiger partial charge in [0.1, 0.15) is 5.75 Å². The number of anilines is 1. The van der Waals surface area contributed by atoms with Crippen LogP contribution in [-0.4, -0.2) is 58.3 Å². The maximum absolute atomic E-state index is 12.5. The molecule has 0 saturated heterocycles. The molecule has 0 aromatic heterocycles. The highest BCUT2D eigenvalue weighted by molar-refractivity contribution is 7.89. The number of likely N-dealkylation sites (N-methyl/N-ethyl adjacent to an activating group) is 1. The third-order valence-electron chi connectivity index (χ3n) is 4.52. The molecule has 0 spiro atoms. The van der Waals surface area contributed by atoms with Gasteiger partial charge in [0.05, 0.1) is 24.2 Å². The minimum Gasteiger partial charge on any atom is -0.495 e. The van der Waals surface area contributed by atoms with E-state index in [9.17, 15) is 13.2 Å². The highest BCUT2D eigenvalue weighted by Crippen LogP contribution is 2.28. The molecule has 29 heavy (non-hydrogen) atoms. The Morgan fingerprint density at radius 1 is 1.03 bits per heavy atom. The predicted octanol–water partition coefficient (Wildman–Crippen LogP) is 2.58. The number of hydrogen-bond acceptors (Lipinski definition) is 5. The fraction of sp³-hybridized carbons (Fsp3) is 0.381. The van der Waals surface area contributed by atoms with Gasteiger partial charge >= 0.3 is 0 Å². The number of rotatable bonds is 9. The molecule has 1 amide bonds. The zero-order chi connectivity index (χ0) is 21.6. The first kappa shape index (κ1) is 22.9. The monoisotopic (exact) mass is 419 g/mol. The van der Waals surface area contributed by atoms with Crippen LogP contribution >= 0.6 is 0 Å². The summed E-state index contributed by atoms with van der Waals surface area (Å²) in [6.45, 7) is 2.89. The molecule has 0 bridgehead atoms. The van der Waals surface area contributed by atoms with Crippen molar-refractivity contribution in [2.24, 2.45) is 0 Å². The fourth-order valence-corrected chi connectivity index (χ4v) is 3.77. The van der Waals surface area contributed by atoms with Gasteiger partial charge in [0.25, 0.3) is 0 Å². The SMILES string of the molecule is CCc1ccc(CN(C)CC(=O)Nc2cc(S(=O)(=O)N(C)C)ccc2OC)cc1. The van der Waals surface area contributed by atoms with Crippen LogP contribution in [0.25, 0.3) is 0 Å². The molecule has 0 aliphatic rings. The van der Waals surface area contributed by atoms with E-state index >= 15 is 0 Å². The van der Waals surface area contributed by atoms with E-state index in [4.69, 9.17) is 4.74 Å². The Morgan fingerprint density at radius 2 is 1.66 bits per heavy atom. The molecular formula is C21H29N3O4S. The number of nitrogens with zero attached hydrogens (tertiary/aromatic N) is 2. The second-order valence-corrected chi connectivity index (χ2v) is 9.19. The Bertz CT molecular complexity index is 941. The molecule has 2 aromatic rings. The Labute approximate surface area is 173 Å². The quantitative estimate of drug-likeness (QED) is 0.676. The normalized spacial score (nSPS) is 11.7. The van der Waals surface area contributed by atoms with Gasteiger partial charge in [0, 0.05) is 20.6 Å². The van der Waals surface area contributed by atoms with Gasteiger partial charge < -0.3 is 10.1 Å². The van der Waals surface area contributed by atoms with Gasteiger partial charge in [0.2, 0.25) is 15.9 Å². The lowest BCUT2D eigenvalue weighted by atomic mass is 10.1. The van der Waals surface area contributed by atoms with Crippen molar-refractivity contribution in [3.05, 3.63) is 53.6 Å². The predicted molar refractivity (Wildman–Crippen MR) is 115 cm³/mol. The van der Waals surface area contributed by atoms with Crippen LogP contribution < -0.4 is 10.1 Å². The van der Waals surface area contributed by atoms with Gasteiger partial charge in [0.15, 0.2) is 0 Å². The van der Waals surface area contributed by atoms with Gasteiger partial charge in [-0.1, -0.05) is 31.2 Å². The first-order chi connectivity index (χ1) is 13.7. The van der Waals surface area contributed by atoms with Gasteiger partial charge in [-0.2, -0.15) is 0 Å². The first-order valence-electron chi connectivity index (χ1n) is 9.34. The van der Waals surface area contributed by atoms with E-state index in [1.54, 1.807) is 0 Å². The fourth-order valence-electron chi connectivity index (χ4n) is 2.84. The van der Waals surface area contributed by atoms with Crippen LogP contribution in [0.1, 0.15) is 18.1 Å². The number of nitrogens with one attached hydrogen (secondary N) is 1. The maximum Gasteiger partial charge on any atom is 0.242 e. The number of amides is 1. The molecule has 2 aromatic carbocycles. The lowest BCUT2D eigenvalue weighted by Gasteiger charge is -2.18. The number of carbonyl (C=O) groups is 1. The minimum atomic E-state index is -3.61. The van der Waals surface area contributed by atoms with E-state index in [0.29, 0.717) is 18.0 Å². The van der Waals surface area contributed by atoms with Crippen molar-refractivity contribution in [1.29, 1.82) is 0 Å². The molecule has 0 saturated carbocycles. The van der Waals surface area contributed by atoms with E-state index in [0.717, 1.165) is 16.3 Å². The van der Waals surface area contributed by atoms with Gasteiger partial charge in [-0.3, -0.25) is 9.69 Å². The van der Waals surface area contributed by atoms with E-state index in [2.05, 4.69) is 36.5 Å². The largest absolute Gasteiger partial charge is 0.495 e. The third kappa shape index (κ3) is 6.03. The van der Waals surface area contributed by atoms with Crippen LogP contribution in [0.5, 0.6) is 5.75 Å². The number of ether oxygens (including phenoxy) is 1. The molecule has 8 heteroatoms. The average molecular weight is 420 g/mol. The van der Waals surface area contributed by atoms with E-state index in [1.165, 1.54) is 45.0 Å². The summed E-state index contributed by atoms with van der Waals surface area (Å²) in [6, 6.07) is 12.7. The number of benzene rings is 2. The summed E-state index contributed by atoms with van der Waals surface area (Å²) < 4.78 is 31.1. The van der Waals surface area contributed by atoms with Crippen LogP contribution in [0.3, 0.4) is 0 Å². The van der Waals surface area contributed by atoms with Gasteiger partial charge in [-0.25, -0.2) is 12.7 Å². The number of carbonyl (C=O) groups excluding carboxylic acids is 1. The van der Waals surface area contributed by atoms with Crippen LogP contribution in [0.15, 0.2) is 47.4 Å². The molecule has 0 aliphatic heterocycles. The Morgan fingerprint density at radius 3 is 2.21 bits per heavy atom. The zero-order valence-electron chi connectivity index (χ0n) is 17.6. The average Bonchev–Trinajstić information content (AvgIpc) is 2.68. The van der Waals surface area contributed by atoms with E-state index in [-0.39, 0.29) is 17.3 Å². The summed E-state index contributed by atoms with van der Waals surface area (Å²) >= 11 is 0. The zero-order valence-corrected chi connectivity index (χ0v) is 18.4. The lowest BCUT2D eigenvalue weighted by molar-refractivity contribution is -0.117. The molecule has 0 fully saturated rings. The highest BCUT2D eigenvalue weighted by atomic mass is 32.2. The number of aryl methyl sites for hydroxylation is 1. The summed E-state index contributed by atoms with van der Waals surface area (Å²) in [5, 5.41) is 2.76. The van der Waals surface area contributed by atoms with Gasteiger partial charge in [-0.05, 0) is 42.8 Å². The van der Waals surface area contributed by atoms with Crippen molar-refractivity contribution in [2.45, 2.75) is 24.8 Å². The van der Waals surface area contributed by atoms with E-state index in [1.807, 2.05) is 11.9 Å². The molecule has 7 nitrogen and oxygen atoms in total. The molecule has 0 atom stereocenters. The van der Waals surface area contributed by atoms with Crippen molar-refractivity contribution in [1.82, 2.24) is 9.21 Å². The molecular weight excluding hydrogens is 390 g/mol. The molecule has 0 heterocycles. The molecule has 0 aliphatic carbocycles. The Hall–Kier alpha value is -2.42. The maximum atomic E-state index is 12.5. The molecule has 158 valence electrons. The van der Waals surface area contributed by atoms with Crippen molar-refractivity contribution in [3.8, 4) is 5.75 Å². The third-order valence-corrected chi connectivity index (χ3v) is 6.33. The summed E-state index contributed by atoms with van der Waals surface area (Å²) in [5.74, 6) is 0.143. The second-order valence-electron chi connectivity index (χ2n) is 7.04. The topological polar surface area (TPSA) is 79.0 Å². The standard InChI is InChI=1S/C21H29N3O4S/c1-6-16-7-9-17(10-8-16)14-24(4)15-21(25)22-19-13-18(11-12-20(19)28-5)29(26,27)23(2)3/h7-13H,6,14-15H2,1-5H3,(H,22,25). The van der Waals surface area contributed by atoms with Crippen molar-refractivity contribution in [3.63, 3.8) is 0 Å². The van der Waals surface area contributed by atoms with Crippen LogP contribution in [-0.2, 0) is 27.8 Å². The molecule has 2 rings (SSSR count). The summed E-state index contributed by atoms with van der Waals surface area (Å²) in [6.07, 6.45) is 0.989. The minimum absolute atomic E-state index is 0.0861. The summed E-state index contributed by atoms with van der Waals surface area (Å²) in [7, 11) is 2.63. The summed E-state index contributed by atoms with van der Waals surface area (Å²) in [5.41, 5.74) is 2.71. The number of sulfonamides is 1. The Balaban J connectivity index is 2.08. The van der Waals surface area contributed by atoms with Crippen molar-refractivity contribution < 1.29 is 17.9 Å². The molecule has 0 unspecified atom stereocenters. The second kappa shape index (κ2) is 9.87. The number of methoxy groups -OCH3 is 1. The van der Waals surface area contributed by atoms with Crippen molar-refractivity contribution in [2.75, 3.05) is 40.1 Å². The highest BCUT2D eigenvalue weighted by Gasteiger charge is 2.20. The smallest absolute Gasteiger partial charge is 0.242 e. The van der Waals surface area contributed by atoms with E-state index < -0.39 is 10.0 Å². The summed E-state index contributed by atoms with van der Waals surface area (Å²) in [4.78, 5) is 14.5. The van der Waals surface area contributed by atoms with Crippen LogP contribution in [0.4, 0.5) is 5.69 Å². The molecule has 1 N–H and O–H groups in total. The van der Waals surface area contributed by atoms with Gasteiger partial charge in [-0.15, -0.1) is 0 Å². The number of hydrogen-bond donors (Lipinski definition) is 1. The lowest BCUT2D eigenvalue weighted by Crippen LogP contribution is -2.30. The first-order valence-corrected chi connectivity index (χ1v) is 10.8.